The van der Waals surface area contributed by atoms with Crippen LogP contribution in [-0.4, -0.2) is 87.5 Å². The fourth-order valence-corrected chi connectivity index (χ4v) is 3.06. The molecule has 1 aromatic carbocycles. The van der Waals surface area contributed by atoms with Crippen molar-refractivity contribution in [1.82, 2.24) is 16.0 Å². The zero-order valence-electron chi connectivity index (χ0n) is 19.5. The van der Waals surface area contributed by atoms with Gasteiger partial charge in [-0.05, 0) is 50.4 Å². The summed E-state index contributed by atoms with van der Waals surface area (Å²) in [5, 5.41) is 44.5. The summed E-state index contributed by atoms with van der Waals surface area (Å²) in [6.07, 6.45) is -0.115. The topological polar surface area (TPSA) is 237 Å². The fourth-order valence-electron chi connectivity index (χ4n) is 3.06. The molecule has 13 nitrogen and oxygen atoms in total. The van der Waals surface area contributed by atoms with Crippen LogP contribution in [0.5, 0.6) is 5.75 Å². The Morgan fingerprint density at radius 3 is 1.97 bits per heavy atom. The van der Waals surface area contributed by atoms with Crippen molar-refractivity contribution in [1.29, 1.82) is 0 Å². The molecule has 5 unspecified atom stereocenters. The highest BCUT2D eigenvalue weighted by atomic mass is 16.4. The van der Waals surface area contributed by atoms with Gasteiger partial charge in [-0.15, -0.1) is 0 Å². The Balaban J connectivity index is 3.10. The summed E-state index contributed by atoms with van der Waals surface area (Å²) in [5.74, 6) is -3.82. The van der Waals surface area contributed by atoms with Crippen molar-refractivity contribution >= 4 is 23.7 Å². The van der Waals surface area contributed by atoms with Crippen molar-refractivity contribution < 1.29 is 39.6 Å². The number of aliphatic carboxylic acids is 1. The largest absolute Gasteiger partial charge is 0.508 e. The first-order valence-electron chi connectivity index (χ1n) is 11.2. The number of unbranched alkanes of at least 4 members (excludes halogenated alkanes) is 1. The Bertz CT molecular complexity index is 849. The highest BCUT2D eigenvalue weighted by Gasteiger charge is 2.30. The molecule has 3 amide bonds. The second kappa shape index (κ2) is 14.9. The summed E-state index contributed by atoms with van der Waals surface area (Å²) in [4.78, 5) is 49.4. The van der Waals surface area contributed by atoms with Crippen LogP contribution < -0.4 is 27.4 Å². The molecule has 0 saturated heterocycles. The average molecular weight is 498 g/mol. The molecule has 0 aromatic heterocycles. The quantitative estimate of drug-likeness (QED) is 0.114. The molecule has 0 fully saturated rings. The minimum Gasteiger partial charge on any atom is -0.508 e. The molecule has 1 aromatic rings. The summed E-state index contributed by atoms with van der Waals surface area (Å²) in [7, 11) is 0. The number of hydrogen-bond donors (Lipinski definition) is 9. The lowest BCUT2D eigenvalue weighted by molar-refractivity contribution is -0.143. The van der Waals surface area contributed by atoms with E-state index in [1.807, 2.05) is 0 Å². The van der Waals surface area contributed by atoms with Gasteiger partial charge in [0.05, 0.1) is 12.7 Å². The molecular weight excluding hydrogens is 462 g/mol. The summed E-state index contributed by atoms with van der Waals surface area (Å²) in [6, 6.07) is 0.625. The third-order valence-electron chi connectivity index (χ3n) is 5.21. The number of nitrogens with one attached hydrogen (secondary N) is 3. The van der Waals surface area contributed by atoms with Gasteiger partial charge in [-0.25, -0.2) is 4.79 Å². The van der Waals surface area contributed by atoms with Gasteiger partial charge >= 0.3 is 5.97 Å². The molecule has 0 radical (unpaired) electrons. The van der Waals surface area contributed by atoms with Crippen molar-refractivity contribution in [2.75, 3.05) is 13.2 Å². The SMILES string of the molecule is CC(O)C(N)C(=O)NC(Cc1ccc(O)cc1)C(=O)NC(CCCCN)C(=O)NC(CO)C(=O)O. The fraction of sp³-hybridized carbons (Fsp3) is 0.545. The number of rotatable bonds is 15. The van der Waals surface area contributed by atoms with E-state index < -0.39 is 60.6 Å². The highest BCUT2D eigenvalue weighted by molar-refractivity contribution is 5.94. The number of hydrogen-bond acceptors (Lipinski definition) is 9. The maximum absolute atomic E-state index is 13.1. The van der Waals surface area contributed by atoms with Crippen molar-refractivity contribution in [3.63, 3.8) is 0 Å². The van der Waals surface area contributed by atoms with Crippen LogP contribution in [0.25, 0.3) is 0 Å². The summed E-state index contributed by atoms with van der Waals surface area (Å²) in [6.45, 7) is 0.811. The zero-order valence-corrected chi connectivity index (χ0v) is 19.5. The van der Waals surface area contributed by atoms with Crippen molar-refractivity contribution in [2.45, 2.75) is 62.9 Å². The van der Waals surface area contributed by atoms with Gasteiger partial charge in [0.15, 0.2) is 0 Å². The van der Waals surface area contributed by atoms with Crippen LogP contribution in [0.3, 0.4) is 0 Å². The summed E-state index contributed by atoms with van der Waals surface area (Å²) < 4.78 is 0. The highest BCUT2D eigenvalue weighted by Crippen LogP contribution is 2.12. The molecule has 196 valence electrons. The molecule has 0 bridgehead atoms. The van der Waals surface area contributed by atoms with Gasteiger partial charge in [0.2, 0.25) is 17.7 Å². The van der Waals surface area contributed by atoms with E-state index in [0.717, 1.165) is 0 Å². The Kier molecular flexibility index (Phi) is 12.7. The van der Waals surface area contributed by atoms with Gasteiger partial charge in [-0.2, -0.15) is 0 Å². The van der Waals surface area contributed by atoms with Crippen molar-refractivity contribution in [3.8, 4) is 5.75 Å². The lowest BCUT2D eigenvalue weighted by Crippen LogP contribution is -2.58. The number of aliphatic hydroxyl groups is 2. The van der Waals surface area contributed by atoms with Gasteiger partial charge < -0.3 is 47.8 Å². The second-order valence-corrected chi connectivity index (χ2v) is 8.13. The van der Waals surface area contributed by atoms with E-state index in [9.17, 15) is 34.5 Å². The Morgan fingerprint density at radius 2 is 1.46 bits per heavy atom. The summed E-state index contributed by atoms with van der Waals surface area (Å²) in [5.41, 5.74) is 11.7. The normalized spacial score (nSPS) is 15.2. The number of carboxylic acids is 1. The molecule has 5 atom stereocenters. The summed E-state index contributed by atoms with van der Waals surface area (Å²) >= 11 is 0. The van der Waals surface area contributed by atoms with E-state index in [0.29, 0.717) is 24.9 Å². The molecule has 0 heterocycles. The van der Waals surface area contributed by atoms with E-state index in [4.69, 9.17) is 16.6 Å². The third kappa shape index (κ3) is 10.3. The lowest BCUT2D eigenvalue weighted by Gasteiger charge is -2.25. The number of nitrogens with two attached hydrogens (primary N) is 2. The van der Waals surface area contributed by atoms with E-state index in [1.54, 1.807) is 12.1 Å². The minimum absolute atomic E-state index is 0.00317. The number of aliphatic hydroxyl groups excluding tert-OH is 2. The van der Waals surface area contributed by atoms with Gasteiger partial charge in [-0.3, -0.25) is 14.4 Å². The van der Waals surface area contributed by atoms with Gasteiger partial charge in [-0.1, -0.05) is 12.1 Å². The molecule has 13 heteroatoms. The van der Waals surface area contributed by atoms with Crippen molar-refractivity contribution in [3.05, 3.63) is 29.8 Å². The number of benzene rings is 1. The van der Waals surface area contributed by atoms with Crippen molar-refractivity contribution in [2.24, 2.45) is 11.5 Å². The molecule has 0 saturated carbocycles. The molecule has 0 aliphatic heterocycles. The zero-order chi connectivity index (χ0) is 26.5. The van der Waals surface area contributed by atoms with Gasteiger partial charge in [0.1, 0.15) is 29.9 Å². The number of carboxylic acid groups (broad SMARTS) is 1. The first-order chi connectivity index (χ1) is 16.5. The van der Waals surface area contributed by atoms with Crippen LogP contribution in [0.15, 0.2) is 24.3 Å². The predicted molar refractivity (Wildman–Crippen MR) is 125 cm³/mol. The minimum atomic E-state index is -1.56. The first-order valence-corrected chi connectivity index (χ1v) is 11.2. The smallest absolute Gasteiger partial charge is 0.328 e. The molecule has 35 heavy (non-hydrogen) atoms. The molecule has 0 spiro atoms. The van der Waals surface area contributed by atoms with E-state index in [1.165, 1.54) is 19.1 Å². The van der Waals surface area contributed by atoms with E-state index in [-0.39, 0.29) is 18.6 Å². The number of amides is 3. The molecule has 0 aliphatic carbocycles. The van der Waals surface area contributed by atoms with Crippen LogP contribution >= 0.6 is 0 Å². The Hall–Kier alpha value is -3.26. The number of carbonyl (C=O) groups is 4. The monoisotopic (exact) mass is 497 g/mol. The molecule has 11 N–H and O–H groups in total. The van der Waals surface area contributed by atoms with Crippen LogP contribution in [0.4, 0.5) is 0 Å². The van der Waals surface area contributed by atoms with E-state index in [2.05, 4.69) is 16.0 Å². The average Bonchev–Trinajstić information content (AvgIpc) is 2.81. The van der Waals surface area contributed by atoms with Crippen LogP contribution in [0.1, 0.15) is 31.7 Å². The number of carbonyl (C=O) groups excluding carboxylic acids is 3. The maximum Gasteiger partial charge on any atom is 0.328 e. The van der Waals surface area contributed by atoms with Crippen LogP contribution in [0.2, 0.25) is 0 Å². The Labute approximate surface area is 202 Å². The van der Waals surface area contributed by atoms with Crippen LogP contribution in [0, 0.1) is 0 Å². The number of phenolic OH excluding ortho intramolecular Hbond substituents is 1. The number of aromatic hydroxyl groups is 1. The Morgan fingerprint density at radius 1 is 0.914 bits per heavy atom. The first kappa shape index (κ1) is 29.8. The predicted octanol–water partition coefficient (Wildman–Crippen LogP) is -2.70. The third-order valence-corrected chi connectivity index (χ3v) is 5.21. The van der Waals surface area contributed by atoms with E-state index >= 15 is 0 Å². The maximum atomic E-state index is 13.1. The molecule has 1 rings (SSSR count). The van der Waals surface area contributed by atoms with Crippen LogP contribution in [-0.2, 0) is 25.6 Å². The molecule has 0 aliphatic rings. The standard InChI is InChI=1S/C22H35N5O8/c1-12(29)18(24)21(33)26-16(10-13-5-7-14(30)8-6-13)20(32)25-15(4-2-3-9-23)19(31)27-17(11-28)22(34)35/h5-8,12,15-18,28-30H,2-4,9-11,23-24H2,1H3,(H,25,32)(H,26,33)(H,27,31)(H,34,35). The lowest BCUT2D eigenvalue weighted by atomic mass is 10.0. The van der Waals surface area contributed by atoms with Gasteiger partial charge in [0, 0.05) is 6.42 Å². The second-order valence-electron chi connectivity index (χ2n) is 8.13. The number of phenols is 1. The molecular formula is C22H35N5O8. The van der Waals surface area contributed by atoms with Gasteiger partial charge in [0.25, 0.3) is 0 Å².